The number of carboxylic acid groups (broad SMARTS) is 1. The van der Waals surface area contributed by atoms with Gasteiger partial charge in [0, 0.05) is 17.5 Å². The maximum absolute atomic E-state index is 11.6. The molecule has 27 heavy (non-hydrogen) atoms. The molecule has 1 atom stereocenters. The fraction of sp³-hybridized carbons (Fsp3) is 0.400. The first-order valence-electron chi connectivity index (χ1n) is 8.95. The van der Waals surface area contributed by atoms with Crippen molar-refractivity contribution >= 4 is 38.3 Å². The predicted molar refractivity (Wildman–Crippen MR) is 105 cm³/mol. The van der Waals surface area contributed by atoms with Crippen LogP contribution in [0.4, 0.5) is 5.69 Å². The van der Waals surface area contributed by atoms with Crippen LogP contribution in [0.25, 0.3) is 10.8 Å². The third-order valence-corrected chi connectivity index (χ3v) is 6.32. The molecular weight excluding hydrogens is 366 g/mol. The molecular formula is C20H23NO5S. The van der Waals surface area contributed by atoms with Crippen LogP contribution in [0, 0.1) is 0 Å². The number of hydrogen-bond acceptors (Lipinski definition) is 4. The van der Waals surface area contributed by atoms with Crippen molar-refractivity contribution in [1.82, 2.24) is 0 Å². The quantitative estimate of drug-likeness (QED) is 0.536. The fourth-order valence-corrected chi connectivity index (χ4v) is 4.35. The number of aliphatic carboxylic acids is 1. The second kappa shape index (κ2) is 7.05. The summed E-state index contributed by atoms with van der Waals surface area (Å²) in [6.07, 6.45) is 3.26. The van der Waals surface area contributed by atoms with E-state index in [9.17, 15) is 17.8 Å². The van der Waals surface area contributed by atoms with Crippen LogP contribution in [0.5, 0.6) is 0 Å². The van der Waals surface area contributed by atoms with E-state index in [1.54, 1.807) is 6.07 Å². The summed E-state index contributed by atoms with van der Waals surface area (Å²) >= 11 is 0. The molecule has 0 amide bonds. The Morgan fingerprint density at radius 1 is 1.15 bits per heavy atom. The molecule has 6 nitrogen and oxygen atoms in total. The maximum Gasteiger partial charge on any atom is 0.303 e. The molecule has 0 fully saturated rings. The summed E-state index contributed by atoms with van der Waals surface area (Å²) in [5.41, 5.74) is 2.40. The van der Waals surface area contributed by atoms with Gasteiger partial charge in [-0.15, -0.1) is 0 Å². The van der Waals surface area contributed by atoms with Crippen molar-refractivity contribution in [1.29, 1.82) is 0 Å². The van der Waals surface area contributed by atoms with E-state index in [1.807, 2.05) is 19.1 Å². The van der Waals surface area contributed by atoms with Gasteiger partial charge >= 0.3 is 5.97 Å². The van der Waals surface area contributed by atoms with Gasteiger partial charge in [-0.05, 0) is 54.3 Å². The Morgan fingerprint density at radius 2 is 1.85 bits per heavy atom. The Bertz CT molecular complexity index is 1040. The average molecular weight is 389 g/mol. The van der Waals surface area contributed by atoms with Crippen LogP contribution in [0.15, 0.2) is 40.2 Å². The van der Waals surface area contributed by atoms with E-state index >= 15 is 0 Å². The first-order valence-corrected chi connectivity index (χ1v) is 10.4. The SMILES string of the molecule is CC1=Nc2ccc3ccc(S(=O)(=O)O)cc3c2C1(C)CCCCCC(=O)O. The van der Waals surface area contributed by atoms with E-state index in [1.165, 1.54) is 12.1 Å². The molecule has 0 saturated heterocycles. The lowest BCUT2D eigenvalue weighted by atomic mass is 9.74. The molecule has 1 heterocycles. The number of fused-ring (bicyclic) bond motifs is 3. The topological polar surface area (TPSA) is 104 Å². The van der Waals surface area contributed by atoms with Crippen molar-refractivity contribution in [3.8, 4) is 0 Å². The molecule has 0 aromatic heterocycles. The molecule has 0 bridgehead atoms. The van der Waals surface area contributed by atoms with Gasteiger partial charge < -0.3 is 5.11 Å². The highest BCUT2D eigenvalue weighted by Gasteiger charge is 2.38. The van der Waals surface area contributed by atoms with Gasteiger partial charge in [-0.3, -0.25) is 14.3 Å². The molecule has 2 N–H and O–H groups in total. The summed E-state index contributed by atoms with van der Waals surface area (Å²) in [5.74, 6) is -0.783. The zero-order valence-corrected chi connectivity index (χ0v) is 16.2. The van der Waals surface area contributed by atoms with Crippen LogP contribution >= 0.6 is 0 Å². The molecule has 144 valence electrons. The normalized spacial score (nSPS) is 19.1. The molecule has 3 rings (SSSR count). The molecule has 0 aliphatic carbocycles. The summed E-state index contributed by atoms with van der Waals surface area (Å²) in [5, 5.41) is 10.4. The van der Waals surface area contributed by atoms with E-state index in [-0.39, 0.29) is 16.7 Å². The minimum atomic E-state index is -4.29. The zero-order chi connectivity index (χ0) is 19.8. The maximum atomic E-state index is 11.6. The molecule has 0 saturated carbocycles. The van der Waals surface area contributed by atoms with Crippen LogP contribution in [0.1, 0.15) is 51.5 Å². The van der Waals surface area contributed by atoms with Gasteiger partial charge in [-0.2, -0.15) is 8.42 Å². The highest BCUT2D eigenvalue weighted by Crippen LogP contribution is 2.47. The molecule has 0 spiro atoms. The van der Waals surface area contributed by atoms with Crippen molar-refractivity contribution in [3.05, 3.63) is 35.9 Å². The Balaban J connectivity index is 1.98. The second-order valence-corrected chi connectivity index (χ2v) is 8.72. The summed E-state index contributed by atoms with van der Waals surface area (Å²) in [4.78, 5) is 15.2. The van der Waals surface area contributed by atoms with Gasteiger partial charge in [0.1, 0.15) is 0 Å². The zero-order valence-electron chi connectivity index (χ0n) is 15.4. The largest absolute Gasteiger partial charge is 0.481 e. The second-order valence-electron chi connectivity index (χ2n) is 7.30. The summed E-state index contributed by atoms with van der Waals surface area (Å²) < 4.78 is 32.6. The highest BCUT2D eigenvalue weighted by atomic mass is 32.2. The van der Waals surface area contributed by atoms with Gasteiger partial charge in [-0.1, -0.05) is 31.9 Å². The molecule has 2 aromatic rings. The van der Waals surface area contributed by atoms with Crippen molar-refractivity contribution in [2.75, 3.05) is 0 Å². The van der Waals surface area contributed by atoms with Crippen LogP contribution in [-0.2, 0) is 20.3 Å². The number of carboxylic acids is 1. The van der Waals surface area contributed by atoms with E-state index in [0.29, 0.717) is 6.42 Å². The lowest BCUT2D eigenvalue weighted by Gasteiger charge is -2.27. The van der Waals surface area contributed by atoms with Crippen molar-refractivity contribution in [2.45, 2.75) is 56.3 Å². The molecule has 1 aliphatic heterocycles. The van der Waals surface area contributed by atoms with E-state index in [2.05, 4.69) is 11.9 Å². The number of nitrogens with zero attached hydrogens (tertiary/aromatic N) is 1. The van der Waals surface area contributed by atoms with Gasteiger partial charge in [0.2, 0.25) is 0 Å². The molecule has 1 unspecified atom stereocenters. The number of hydrogen-bond donors (Lipinski definition) is 2. The molecule has 7 heteroatoms. The Hall–Kier alpha value is -2.25. The third-order valence-electron chi connectivity index (χ3n) is 5.47. The Labute approximate surface area is 158 Å². The van der Waals surface area contributed by atoms with Gasteiger partial charge in [0.15, 0.2) is 0 Å². The molecule has 1 aliphatic rings. The predicted octanol–water partition coefficient (Wildman–Crippen LogP) is 4.49. The third kappa shape index (κ3) is 3.75. The monoisotopic (exact) mass is 389 g/mol. The standard InChI is InChI=1S/C20H23NO5S/c1-13-20(2,11-5-3-4-6-18(22)23)19-16-12-15(27(24,25)26)9-7-14(16)8-10-17(19)21-13/h7-10,12H,3-6,11H2,1-2H3,(H,22,23)(H,24,25,26). The lowest BCUT2D eigenvalue weighted by Crippen LogP contribution is -2.27. The molecule has 2 aromatic carbocycles. The van der Waals surface area contributed by atoms with Crippen LogP contribution in [-0.4, -0.2) is 29.8 Å². The van der Waals surface area contributed by atoms with Crippen molar-refractivity contribution in [2.24, 2.45) is 4.99 Å². The minimum absolute atomic E-state index is 0.128. The van der Waals surface area contributed by atoms with Crippen molar-refractivity contribution < 1.29 is 22.9 Å². The number of rotatable bonds is 7. The van der Waals surface area contributed by atoms with Gasteiger partial charge in [-0.25, -0.2) is 0 Å². The van der Waals surface area contributed by atoms with E-state index in [0.717, 1.165) is 47.0 Å². The summed E-state index contributed by atoms with van der Waals surface area (Å²) in [7, 11) is -4.29. The number of aliphatic imine (C=N–C) groups is 1. The van der Waals surface area contributed by atoms with Crippen LogP contribution in [0.2, 0.25) is 0 Å². The highest BCUT2D eigenvalue weighted by molar-refractivity contribution is 7.85. The number of benzene rings is 2. The number of carbonyl (C=O) groups is 1. The smallest absolute Gasteiger partial charge is 0.303 e. The van der Waals surface area contributed by atoms with Crippen molar-refractivity contribution in [3.63, 3.8) is 0 Å². The Kier molecular flexibility index (Phi) is 5.10. The summed E-state index contributed by atoms with van der Waals surface area (Å²) in [6.45, 7) is 4.06. The lowest BCUT2D eigenvalue weighted by molar-refractivity contribution is -0.137. The first-order chi connectivity index (χ1) is 12.6. The van der Waals surface area contributed by atoms with E-state index < -0.39 is 16.1 Å². The number of unbranched alkanes of at least 4 members (excludes halogenated alkanes) is 2. The van der Waals surface area contributed by atoms with Crippen LogP contribution < -0.4 is 0 Å². The summed E-state index contributed by atoms with van der Waals surface area (Å²) in [6, 6.07) is 8.44. The fourth-order valence-electron chi connectivity index (χ4n) is 3.84. The van der Waals surface area contributed by atoms with E-state index in [4.69, 9.17) is 5.11 Å². The van der Waals surface area contributed by atoms with Gasteiger partial charge in [0.05, 0.1) is 10.6 Å². The first kappa shape index (κ1) is 19.5. The minimum Gasteiger partial charge on any atom is -0.481 e. The average Bonchev–Trinajstić information content (AvgIpc) is 2.84. The van der Waals surface area contributed by atoms with Crippen LogP contribution in [0.3, 0.4) is 0 Å². The molecule has 0 radical (unpaired) electrons. The van der Waals surface area contributed by atoms with Gasteiger partial charge in [0.25, 0.3) is 10.1 Å². The Morgan fingerprint density at radius 3 is 2.52 bits per heavy atom.